The van der Waals surface area contributed by atoms with Crippen molar-refractivity contribution in [3.05, 3.63) is 63.7 Å². The summed E-state index contributed by atoms with van der Waals surface area (Å²) in [5, 5.41) is 11.6. The summed E-state index contributed by atoms with van der Waals surface area (Å²) in [6, 6.07) is 2.99. The number of benzene rings is 1. The van der Waals surface area contributed by atoms with Gasteiger partial charge in [0.15, 0.2) is 17.3 Å². The van der Waals surface area contributed by atoms with E-state index in [2.05, 4.69) is 10.3 Å². The number of aromatic carboxylic acids is 1. The number of carbonyl (C=O) groups excluding carboxylic acids is 1. The van der Waals surface area contributed by atoms with E-state index in [1.165, 1.54) is 0 Å². The number of pyridine rings is 2. The summed E-state index contributed by atoms with van der Waals surface area (Å²) in [7, 11) is 0. The normalized spacial score (nSPS) is 19.9. The highest BCUT2D eigenvalue weighted by Crippen LogP contribution is 2.35. The molecule has 1 aliphatic rings. The van der Waals surface area contributed by atoms with Crippen LogP contribution in [0, 0.1) is 29.3 Å². The molecule has 0 bridgehead atoms. The summed E-state index contributed by atoms with van der Waals surface area (Å²) < 4.78 is 43.3. The van der Waals surface area contributed by atoms with E-state index >= 15 is 0 Å². The van der Waals surface area contributed by atoms with Crippen LogP contribution in [-0.4, -0.2) is 39.5 Å². The standard InChI is InChI=1S/C20H15F3N4O4/c21-8-1-2-15(13(22)3-8)27-6-11(20(30)31)17(29)9-4-14(23)18(26-19(9)27)25-5-10-12(7-28)16(10)24/h1-4,6-7,10,12,16H,5,24H2,(H,25,26)(H,30,31)/t10-,12+,16?/m0/s1. The minimum atomic E-state index is -1.60. The molecule has 8 nitrogen and oxygen atoms in total. The molecular weight excluding hydrogens is 417 g/mol. The molecule has 2 heterocycles. The van der Waals surface area contributed by atoms with Gasteiger partial charge in [0.1, 0.15) is 23.5 Å². The van der Waals surface area contributed by atoms with Crippen molar-refractivity contribution in [2.45, 2.75) is 6.04 Å². The van der Waals surface area contributed by atoms with Gasteiger partial charge in [-0.2, -0.15) is 0 Å². The zero-order chi connectivity index (χ0) is 22.4. The summed E-state index contributed by atoms with van der Waals surface area (Å²) in [5.74, 6) is -5.34. The molecule has 0 saturated heterocycles. The maximum atomic E-state index is 14.6. The van der Waals surface area contributed by atoms with Crippen molar-refractivity contribution >= 4 is 29.1 Å². The Labute approximate surface area is 172 Å². The number of fused-ring (bicyclic) bond motifs is 1. The van der Waals surface area contributed by atoms with E-state index in [9.17, 15) is 32.7 Å². The van der Waals surface area contributed by atoms with Crippen LogP contribution in [0.15, 0.2) is 35.3 Å². The Bertz CT molecular complexity index is 1290. The van der Waals surface area contributed by atoms with Crippen LogP contribution in [0.4, 0.5) is 19.0 Å². The highest BCUT2D eigenvalue weighted by atomic mass is 19.1. The molecular formula is C20H15F3N4O4. The average Bonchev–Trinajstić information content (AvgIpc) is 3.35. The highest BCUT2D eigenvalue weighted by molar-refractivity contribution is 5.92. The number of hydrogen-bond acceptors (Lipinski definition) is 6. The van der Waals surface area contributed by atoms with Gasteiger partial charge in [0.25, 0.3) is 0 Å². The topological polar surface area (TPSA) is 127 Å². The van der Waals surface area contributed by atoms with Gasteiger partial charge in [-0.1, -0.05) is 0 Å². The maximum absolute atomic E-state index is 14.6. The number of nitrogens with two attached hydrogens (primary N) is 1. The summed E-state index contributed by atoms with van der Waals surface area (Å²) >= 11 is 0. The van der Waals surface area contributed by atoms with Gasteiger partial charge in [-0.3, -0.25) is 9.36 Å². The van der Waals surface area contributed by atoms with Gasteiger partial charge < -0.3 is 21.0 Å². The number of rotatable bonds is 6. The van der Waals surface area contributed by atoms with Gasteiger partial charge in [-0.25, -0.2) is 22.9 Å². The number of carboxylic acids is 1. The highest BCUT2D eigenvalue weighted by Gasteiger charge is 2.47. The van der Waals surface area contributed by atoms with Crippen LogP contribution in [-0.2, 0) is 4.79 Å². The minimum absolute atomic E-state index is 0.127. The second-order valence-electron chi connectivity index (χ2n) is 7.17. The molecule has 1 saturated carbocycles. The first-order valence-electron chi connectivity index (χ1n) is 9.12. The molecule has 4 rings (SSSR count). The van der Waals surface area contributed by atoms with Gasteiger partial charge in [-0.05, 0) is 18.2 Å². The summed E-state index contributed by atoms with van der Waals surface area (Å²) in [5.41, 5.74) is 3.47. The van der Waals surface area contributed by atoms with Gasteiger partial charge in [0, 0.05) is 36.7 Å². The molecule has 1 fully saturated rings. The fraction of sp³-hybridized carbons (Fsp3) is 0.200. The quantitative estimate of drug-likeness (QED) is 0.506. The molecule has 3 atom stereocenters. The van der Waals surface area contributed by atoms with Gasteiger partial charge >= 0.3 is 5.97 Å². The number of anilines is 1. The zero-order valence-electron chi connectivity index (χ0n) is 15.7. The predicted octanol–water partition coefficient (Wildman–Crippen LogP) is 1.69. The van der Waals surface area contributed by atoms with E-state index < -0.39 is 39.8 Å². The molecule has 0 spiro atoms. The van der Waals surface area contributed by atoms with Gasteiger partial charge in [-0.15, -0.1) is 0 Å². The van der Waals surface area contributed by atoms with Crippen LogP contribution in [0.25, 0.3) is 16.7 Å². The summed E-state index contributed by atoms with van der Waals surface area (Å²) in [6.07, 6.45) is 1.56. The molecule has 3 aromatic rings. The Kier molecular flexibility index (Phi) is 4.97. The number of aromatic nitrogens is 2. The van der Waals surface area contributed by atoms with Crippen molar-refractivity contribution in [1.82, 2.24) is 9.55 Å². The van der Waals surface area contributed by atoms with Crippen LogP contribution < -0.4 is 16.5 Å². The molecule has 2 aromatic heterocycles. The van der Waals surface area contributed by atoms with E-state index in [1.807, 2.05) is 0 Å². The number of carboxylic acid groups (broad SMARTS) is 1. The lowest BCUT2D eigenvalue weighted by Gasteiger charge is -2.14. The Balaban J connectivity index is 1.88. The summed E-state index contributed by atoms with van der Waals surface area (Å²) in [6.45, 7) is 0.127. The lowest BCUT2D eigenvalue weighted by Crippen LogP contribution is -2.20. The molecule has 1 unspecified atom stereocenters. The SMILES string of the molecule is NC1[C@@H](CNc2nc3c(cc2F)c(=O)c(C(=O)O)cn3-c2ccc(F)cc2F)[C@H]1C=O. The Hall–Kier alpha value is -3.73. The monoisotopic (exact) mass is 432 g/mol. The Morgan fingerprint density at radius 3 is 2.61 bits per heavy atom. The third-order valence-corrected chi connectivity index (χ3v) is 5.29. The van der Waals surface area contributed by atoms with E-state index in [4.69, 9.17) is 5.73 Å². The first-order chi connectivity index (χ1) is 14.7. The van der Waals surface area contributed by atoms with Crippen LogP contribution in [0.1, 0.15) is 10.4 Å². The van der Waals surface area contributed by atoms with Gasteiger partial charge in [0.2, 0.25) is 5.43 Å². The second kappa shape index (κ2) is 7.51. The van der Waals surface area contributed by atoms with Crippen molar-refractivity contribution in [3.8, 4) is 5.69 Å². The van der Waals surface area contributed by atoms with Crippen molar-refractivity contribution in [2.24, 2.45) is 17.6 Å². The lowest BCUT2D eigenvalue weighted by atomic mass is 10.1. The van der Waals surface area contributed by atoms with E-state index in [0.29, 0.717) is 12.4 Å². The number of nitrogens with one attached hydrogen (secondary N) is 1. The average molecular weight is 432 g/mol. The molecule has 0 aliphatic heterocycles. The van der Waals surface area contributed by atoms with Crippen molar-refractivity contribution in [2.75, 3.05) is 11.9 Å². The number of nitrogens with zero attached hydrogens (tertiary/aromatic N) is 2. The second-order valence-corrected chi connectivity index (χ2v) is 7.17. The van der Waals surface area contributed by atoms with E-state index in [1.54, 1.807) is 0 Å². The molecule has 1 aliphatic carbocycles. The number of carbonyl (C=O) groups is 2. The maximum Gasteiger partial charge on any atom is 0.341 e. The smallest absolute Gasteiger partial charge is 0.341 e. The molecule has 1 aromatic carbocycles. The summed E-state index contributed by atoms with van der Waals surface area (Å²) in [4.78, 5) is 38.9. The molecule has 0 amide bonds. The molecule has 0 radical (unpaired) electrons. The third-order valence-electron chi connectivity index (χ3n) is 5.29. The number of hydrogen-bond donors (Lipinski definition) is 3. The van der Waals surface area contributed by atoms with Crippen LogP contribution in [0.3, 0.4) is 0 Å². The van der Waals surface area contributed by atoms with E-state index in [0.717, 1.165) is 29.0 Å². The number of halogens is 3. The van der Waals surface area contributed by atoms with Crippen LogP contribution >= 0.6 is 0 Å². The van der Waals surface area contributed by atoms with Crippen molar-refractivity contribution < 1.29 is 27.9 Å². The van der Waals surface area contributed by atoms with E-state index in [-0.39, 0.29) is 41.6 Å². The van der Waals surface area contributed by atoms with Gasteiger partial charge in [0.05, 0.1) is 11.1 Å². The Morgan fingerprint density at radius 1 is 1.26 bits per heavy atom. The molecule has 11 heteroatoms. The largest absolute Gasteiger partial charge is 0.477 e. The van der Waals surface area contributed by atoms with Crippen LogP contribution in [0.5, 0.6) is 0 Å². The predicted molar refractivity (Wildman–Crippen MR) is 104 cm³/mol. The minimum Gasteiger partial charge on any atom is -0.477 e. The van der Waals surface area contributed by atoms with Crippen molar-refractivity contribution in [3.63, 3.8) is 0 Å². The first-order valence-corrected chi connectivity index (χ1v) is 9.12. The van der Waals surface area contributed by atoms with Crippen LogP contribution in [0.2, 0.25) is 0 Å². The molecule has 31 heavy (non-hydrogen) atoms. The first kappa shape index (κ1) is 20.5. The lowest BCUT2D eigenvalue weighted by molar-refractivity contribution is -0.109. The fourth-order valence-corrected chi connectivity index (χ4v) is 3.47. The van der Waals surface area contributed by atoms with Crippen molar-refractivity contribution in [1.29, 1.82) is 0 Å². The third kappa shape index (κ3) is 3.52. The zero-order valence-corrected chi connectivity index (χ0v) is 15.7. The number of aldehydes is 1. The Morgan fingerprint density at radius 2 is 2.00 bits per heavy atom. The fourth-order valence-electron chi connectivity index (χ4n) is 3.47. The molecule has 4 N–H and O–H groups in total. The molecule has 160 valence electrons.